The van der Waals surface area contributed by atoms with Crippen LogP contribution < -0.4 is 10.9 Å². The van der Waals surface area contributed by atoms with Gasteiger partial charge in [-0.15, -0.1) is 0 Å². The van der Waals surface area contributed by atoms with Crippen molar-refractivity contribution < 1.29 is 4.79 Å². The molecular weight excluding hydrogens is 464 g/mol. The molecule has 1 saturated carbocycles. The predicted molar refractivity (Wildman–Crippen MR) is 132 cm³/mol. The summed E-state index contributed by atoms with van der Waals surface area (Å²) in [5.41, 5.74) is 4.64. The maximum absolute atomic E-state index is 13.1. The van der Waals surface area contributed by atoms with Crippen molar-refractivity contribution >= 4 is 32.6 Å². The van der Waals surface area contributed by atoms with Crippen molar-refractivity contribution in [1.29, 1.82) is 0 Å². The van der Waals surface area contributed by atoms with E-state index in [1.165, 1.54) is 0 Å². The van der Waals surface area contributed by atoms with Crippen LogP contribution in [0.15, 0.2) is 82.2 Å². The van der Waals surface area contributed by atoms with E-state index in [0.717, 1.165) is 45.0 Å². The van der Waals surface area contributed by atoms with Gasteiger partial charge in [0.2, 0.25) is 0 Å². The average molecular weight is 487 g/mol. The number of pyridine rings is 1. The Kier molecular flexibility index (Phi) is 5.43. The molecule has 0 aliphatic heterocycles. The highest BCUT2D eigenvalue weighted by Crippen LogP contribution is 2.29. The van der Waals surface area contributed by atoms with Crippen molar-refractivity contribution in [2.24, 2.45) is 0 Å². The predicted octanol–water partition coefficient (Wildman–Crippen LogP) is 5.68. The van der Waals surface area contributed by atoms with E-state index in [1.54, 1.807) is 4.57 Å². The quantitative estimate of drug-likeness (QED) is 0.394. The molecule has 0 atom stereocenters. The van der Waals surface area contributed by atoms with Crippen LogP contribution in [0.3, 0.4) is 0 Å². The number of halogens is 1. The molecule has 1 aromatic heterocycles. The number of benzene rings is 3. The number of hydrogen-bond acceptors (Lipinski definition) is 2. The first-order valence-electron chi connectivity index (χ1n) is 10.8. The van der Waals surface area contributed by atoms with E-state index in [-0.39, 0.29) is 11.5 Å². The molecule has 1 amide bonds. The van der Waals surface area contributed by atoms with Gasteiger partial charge in [-0.25, -0.2) is 0 Å². The lowest BCUT2D eigenvalue weighted by atomic mass is 9.95. The topological polar surface area (TPSA) is 51.1 Å². The number of hydrogen-bond donors (Lipinski definition) is 1. The Labute approximate surface area is 195 Å². The maximum atomic E-state index is 13.1. The van der Waals surface area contributed by atoms with Crippen molar-refractivity contribution in [3.63, 3.8) is 0 Å². The zero-order valence-corrected chi connectivity index (χ0v) is 19.4. The molecule has 5 rings (SSSR count). The molecule has 1 fully saturated rings. The molecule has 1 aliphatic rings. The zero-order chi connectivity index (χ0) is 22.2. The minimum absolute atomic E-state index is 0.0205. The van der Waals surface area contributed by atoms with Crippen LogP contribution in [0.5, 0.6) is 0 Å². The molecule has 1 N–H and O–H groups in total. The number of nitrogens with one attached hydrogen (secondary N) is 1. The van der Waals surface area contributed by atoms with Crippen molar-refractivity contribution in [3.05, 3.63) is 104 Å². The summed E-state index contributed by atoms with van der Waals surface area (Å²) in [6, 6.07) is 22.0. The number of carbonyl (C=O) groups is 1. The molecule has 4 aromatic rings. The fourth-order valence-corrected chi connectivity index (χ4v) is 4.22. The third kappa shape index (κ3) is 4.26. The monoisotopic (exact) mass is 486 g/mol. The van der Waals surface area contributed by atoms with Gasteiger partial charge in [-0.3, -0.25) is 9.59 Å². The second kappa shape index (κ2) is 8.40. The second-order valence-electron chi connectivity index (χ2n) is 8.47. The van der Waals surface area contributed by atoms with E-state index in [2.05, 4.69) is 21.2 Å². The summed E-state index contributed by atoms with van der Waals surface area (Å²) in [6.45, 7) is 2.54. The van der Waals surface area contributed by atoms with Crippen LogP contribution in [0.1, 0.15) is 34.3 Å². The fraction of sp³-hybridized carbons (Fsp3) is 0.185. The second-order valence-corrected chi connectivity index (χ2v) is 9.39. The van der Waals surface area contributed by atoms with E-state index < -0.39 is 0 Å². The third-order valence-corrected chi connectivity index (χ3v) is 6.41. The molecule has 0 radical (unpaired) electrons. The smallest absolute Gasteiger partial charge is 0.258 e. The first kappa shape index (κ1) is 20.7. The Morgan fingerprint density at radius 2 is 1.81 bits per heavy atom. The molecule has 1 aliphatic carbocycles. The van der Waals surface area contributed by atoms with Crippen LogP contribution in [-0.2, 0) is 6.54 Å². The van der Waals surface area contributed by atoms with Gasteiger partial charge >= 0.3 is 0 Å². The lowest BCUT2D eigenvalue weighted by Crippen LogP contribution is -2.26. The van der Waals surface area contributed by atoms with Gasteiger partial charge in [0.25, 0.3) is 11.5 Å². The molecule has 0 unspecified atom stereocenters. The summed E-state index contributed by atoms with van der Waals surface area (Å²) in [5.74, 6) is -0.0347. The van der Waals surface area contributed by atoms with Crippen LogP contribution >= 0.6 is 15.9 Å². The standard InChI is InChI=1S/C27H23BrN2O2/c1-17-2-10-24(26(31)29-22-8-9-22)25(14-17)19-5-11-23-20(15-19)12-13-30(27(23)32)16-18-3-6-21(28)7-4-18/h2-7,10-15,22H,8-9,16H2,1H3,(H,29,31). The minimum atomic E-state index is -0.0347. The SMILES string of the molecule is Cc1ccc(C(=O)NC2CC2)c(-c2ccc3c(=O)n(Cc4ccc(Br)cc4)ccc3c2)c1. The van der Waals surface area contributed by atoms with Crippen molar-refractivity contribution in [2.45, 2.75) is 32.4 Å². The zero-order valence-electron chi connectivity index (χ0n) is 17.8. The molecule has 4 nitrogen and oxygen atoms in total. The molecule has 0 bridgehead atoms. The number of aryl methyl sites for hydroxylation is 1. The van der Waals surface area contributed by atoms with E-state index in [1.807, 2.05) is 79.9 Å². The number of amides is 1. The van der Waals surface area contributed by atoms with Gasteiger partial charge in [-0.2, -0.15) is 0 Å². The highest BCUT2D eigenvalue weighted by Gasteiger charge is 2.25. The highest BCUT2D eigenvalue weighted by molar-refractivity contribution is 9.10. The Bertz CT molecular complexity index is 1390. The Hall–Kier alpha value is -3.18. The molecule has 3 aromatic carbocycles. The summed E-state index contributed by atoms with van der Waals surface area (Å²) < 4.78 is 2.74. The number of aromatic nitrogens is 1. The fourth-order valence-electron chi connectivity index (χ4n) is 3.95. The minimum Gasteiger partial charge on any atom is -0.349 e. The van der Waals surface area contributed by atoms with Crippen LogP contribution in [0.2, 0.25) is 0 Å². The molecular formula is C27H23BrN2O2. The molecule has 5 heteroatoms. The summed E-state index contributed by atoms with van der Waals surface area (Å²) >= 11 is 3.44. The average Bonchev–Trinajstić information content (AvgIpc) is 3.61. The first-order chi connectivity index (χ1) is 15.5. The molecule has 0 spiro atoms. The van der Waals surface area contributed by atoms with Crippen LogP contribution in [0.25, 0.3) is 21.9 Å². The molecule has 0 saturated heterocycles. The van der Waals surface area contributed by atoms with Gasteiger partial charge in [-0.1, -0.05) is 51.8 Å². The van der Waals surface area contributed by atoms with E-state index in [4.69, 9.17) is 0 Å². The van der Waals surface area contributed by atoms with E-state index in [9.17, 15) is 9.59 Å². The van der Waals surface area contributed by atoms with Crippen molar-refractivity contribution in [1.82, 2.24) is 9.88 Å². The largest absolute Gasteiger partial charge is 0.349 e. The summed E-state index contributed by atoms with van der Waals surface area (Å²) in [5, 5.41) is 4.63. The van der Waals surface area contributed by atoms with Crippen LogP contribution in [-0.4, -0.2) is 16.5 Å². The Morgan fingerprint density at radius 1 is 1.03 bits per heavy atom. The molecule has 1 heterocycles. The van der Waals surface area contributed by atoms with Gasteiger partial charge in [0, 0.05) is 27.7 Å². The highest BCUT2D eigenvalue weighted by atomic mass is 79.9. The van der Waals surface area contributed by atoms with Gasteiger partial charge in [0.1, 0.15) is 0 Å². The van der Waals surface area contributed by atoms with Crippen molar-refractivity contribution in [3.8, 4) is 11.1 Å². The first-order valence-corrected chi connectivity index (χ1v) is 11.6. The van der Waals surface area contributed by atoms with E-state index in [0.29, 0.717) is 23.5 Å². The van der Waals surface area contributed by atoms with Crippen LogP contribution in [0, 0.1) is 6.92 Å². The summed E-state index contributed by atoms with van der Waals surface area (Å²) in [6.07, 6.45) is 3.94. The third-order valence-electron chi connectivity index (χ3n) is 5.89. The lowest BCUT2D eigenvalue weighted by Gasteiger charge is -2.13. The van der Waals surface area contributed by atoms with Gasteiger partial charge in [0.05, 0.1) is 6.54 Å². The number of rotatable bonds is 5. The van der Waals surface area contributed by atoms with Crippen LogP contribution in [0.4, 0.5) is 0 Å². The van der Waals surface area contributed by atoms with Gasteiger partial charge < -0.3 is 9.88 Å². The van der Waals surface area contributed by atoms with Gasteiger partial charge in [-0.05, 0) is 78.2 Å². The molecule has 160 valence electrons. The maximum Gasteiger partial charge on any atom is 0.258 e. The Morgan fingerprint density at radius 3 is 2.56 bits per heavy atom. The molecule has 32 heavy (non-hydrogen) atoms. The van der Waals surface area contributed by atoms with E-state index >= 15 is 0 Å². The number of carbonyl (C=O) groups excluding carboxylic acids is 1. The summed E-state index contributed by atoms with van der Waals surface area (Å²) in [7, 11) is 0. The lowest BCUT2D eigenvalue weighted by molar-refractivity contribution is 0.0951. The summed E-state index contributed by atoms with van der Waals surface area (Å²) in [4.78, 5) is 25.9. The van der Waals surface area contributed by atoms with Gasteiger partial charge in [0.15, 0.2) is 0 Å². The van der Waals surface area contributed by atoms with Crippen molar-refractivity contribution in [2.75, 3.05) is 0 Å². The number of nitrogens with zero attached hydrogens (tertiary/aromatic N) is 1. The normalized spacial score (nSPS) is 13.3. The number of fused-ring (bicyclic) bond motifs is 1. The Balaban J connectivity index is 1.52.